The van der Waals surface area contributed by atoms with Crippen molar-refractivity contribution >= 4 is 0 Å². The quantitative estimate of drug-likeness (QED) is 0.716. The van der Waals surface area contributed by atoms with E-state index < -0.39 is 0 Å². The largest absolute Gasteiger partial charge is 0.454 e. The smallest absolute Gasteiger partial charge is 0.231 e. The van der Waals surface area contributed by atoms with Crippen LogP contribution in [0.3, 0.4) is 0 Å². The Kier molecular flexibility index (Phi) is 2.36. The average molecular weight is 192 g/mol. The number of rotatable bonds is 2. The van der Waals surface area contributed by atoms with Crippen LogP contribution in [0.25, 0.3) is 0 Å². The molecule has 0 aromatic heterocycles. The molecule has 0 spiro atoms. The van der Waals surface area contributed by atoms with E-state index >= 15 is 0 Å². The van der Waals surface area contributed by atoms with Crippen LogP contribution < -0.4 is 9.47 Å². The second-order valence-corrected chi connectivity index (χ2v) is 4.15. The molecular weight excluding hydrogens is 176 g/mol. The number of ether oxygens (including phenoxy) is 2. The average Bonchev–Trinajstić information content (AvgIpc) is 2.62. The summed E-state index contributed by atoms with van der Waals surface area (Å²) in [5.74, 6) is 2.96. The van der Waals surface area contributed by atoms with Gasteiger partial charge in [0.25, 0.3) is 0 Å². The Labute approximate surface area is 84.8 Å². The molecule has 2 nitrogen and oxygen atoms in total. The maximum Gasteiger partial charge on any atom is 0.231 e. The first kappa shape index (κ1) is 9.38. The van der Waals surface area contributed by atoms with Crippen molar-refractivity contribution in [2.24, 2.45) is 5.92 Å². The van der Waals surface area contributed by atoms with Crippen molar-refractivity contribution in [2.45, 2.75) is 26.7 Å². The minimum atomic E-state index is 0.356. The van der Waals surface area contributed by atoms with Gasteiger partial charge in [0.2, 0.25) is 6.79 Å². The Bertz CT molecular complexity index is 331. The van der Waals surface area contributed by atoms with Gasteiger partial charge in [-0.3, -0.25) is 0 Å². The molecule has 1 aromatic carbocycles. The molecule has 1 atom stereocenters. The van der Waals surface area contributed by atoms with E-state index in [2.05, 4.69) is 32.9 Å². The molecule has 0 amide bonds. The molecule has 2 rings (SSSR count). The van der Waals surface area contributed by atoms with Crippen molar-refractivity contribution in [3.05, 3.63) is 23.8 Å². The molecule has 0 aliphatic carbocycles. The van der Waals surface area contributed by atoms with Gasteiger partial charge < -0.3 is 9.47 Å². The molecule has 1 aromatic rings. The van der Waals surface area contributed by atoms with Crippen molar-refractivity contribution in [1.82, 2.24) is 0 Å². The van der Waals surface area contributed by atoms with Crippen LogP contribution in [-0.2, 0) is 0 Å². The van der Waals surface area contributed by atoms with E-state index in [-0.39, 0.29) is 0 Å². The van der Waals surface area contributed by atoms with Crippen molar-refractivity contribution in [1.29, 1.82) is 0 Å². The minimum Gasteiger partial charge on any atom is -0.454 e. The topological polar surface area (TPSA) is 18.5 Å². The Morgan fingerprint density at radius 3 is 2.50 bits per heavy atom. The van der Waals surface area contributed by atoms with E-state index in [9.17, 15) is 0 Å². The van der Waals surface area contributed by atoms with Gasteiger partial charge in [-0.2, -0.15) is 0 Å². The van der Waals surface area contributed by atoms with E-state index in [0.29, 0.717) is 18.6 Å². The molecule has 0 unspecified atom stereocenters. The Morgan fingerprint density at radius 2 is 1.79 bits per heavy atom. The number of hydrogen-bond acceptors (Lipinski definition) is 2. The summed E-state index contributed by atoms with van der Waals surface area (Å²) < 4.78 is 10.6. The van der Waals surface area contributed by atoms with Gasteiger partial charge >= 0.3 is 0 Å². The molecule has 1 aliphatic heterocycles. The van der Waals surface area contributed by atoms with E-state index in [0.717, 1.165) is 11.5 Å². The SMILES string of the molecule is CC(C)[C@H](C)c1ccc2c(c1)OCO2. The Balaban J connectivity index is 2.28. The molecule has 14 heavy (non-hydrogen) atoms. The fourth-order valence-electron chi connectivity index (χ4n) is 1.58. The van der Waals surface area contributed by atoms with Gasteiger partial charge in [0.1, 0.15) is 0 Å². The first-order chi connectivity index (χ1) is 6.68. The van der Waals surface area contributed by atoms with E-state index in [4.69, 9.17) is 9.47 Å². The van der Waals surface area contributed by atoms with Crippen molar-refractivity contribution in [3.63, 3.8) is 0 Å². The van der Waals surface area contributed by atoms with Crippen LogP contribution >= 0.6 is 0 Å². The third-order valence-electron chi connectivity index (χ3n) is 2.92. The summed E-state index contributed by atoms with van der Waals surface area (Å²) in [7, 11) is 0. The first-order valence-corrected chi connectivity index (χ1v) is 5.08. The second-order valence-electron chi connectivity index (χ2n) is 4.15. The second kappa shape index (κ2) is 3.52. The fourth-order valence-corrected chi connectivity index (χ4v) is 1.58. The fraction of sp³-hybridized carbons (Fsp3) is 0.500. The molecule has 0 fully saturated rings. The van der Waals surface area contributed by atoms with E-state index in [1.807, 2.05) is 6.07 Å². The molecule has 2 heteroatoms. The third kappa shape index (κ3) is 1.57. The van der Waals surface area contributed by atoms with Crippen LogP contribution in [0.5, 0.6) is 11.5 Å². The number of fused-ring (bicyclic) bond motifs is 1. The predicted octanol–water partition coefficient (Wildman–Crippen LogP) is 3.17. The van der Waals surface area contributed by atoms with Gasteiger partial charge in [0, 0.05) is 0 Å². The van der Waals surface area contributed by atoms with Crippen molar-refractivity contribution < 1.29 is 9.47 Å². The first-order valence-electron chi connectivity index (χ1n) is 5.08. The molecular formula is C12H16O2. The Morgan fingerprint density at radius 1 is 1.07 bits per heavy atom. The molecule has 0 saturated heterocycles. The van der Waals surface area contributed by atoms with Gasteiger partial charge in [-0.15, -0.1) is 0 Å². The number of benzene rings is 1. The van der Waals surface area contributed by atoms with Crippen LogP contribution in [0.2, 0.25) is 0 Å². The van der Waals surface area contributed by atoms with Crippen LogP contribution in [-0.4, -0.2) is 6.79 Å². The van der Waals surface area contributed by atoms with E-state index in [1.165, 1.54) is 5.56 Å². The summed E-state index contributed by atoms with van der Waals surface area (Å²) in [5, 5.41) is 0. The van der Waals surface area contributed by atoms with Crippen molar-refractivity contribution in [2.75, 3.05) is 6.79 Å². The zero-order chi connectivity index (χ0) is 10.1. The van der Waals surface area contributed by atoms with Gasteiger partial charge in [-0.25, -0.2) is 0 Å². The lowest BCUT2D eigenvalue weighted by Crippen LogP contribution is -2.01. The minimum absolute atomic E-state index is 0.356. The lowest BCUT2D eigenvalue weighted by Gasteiger charge is -2.15. The zero-order valence-corrected chi connectivity index (χ0v) is 8.91. The number of hydrogen-bond donors (Lipinski definition) is 0. The highest BCUT2D eigenvalue weighted by Gasteiger charge is 2.16. The van der Waals surface area contributed by atoms with Crippen LogP contribution in [0.1, 0.15) is 32.3 Å². The standard InChI is InChI=1S/C12H16O2/c1-8(2)9(3)10-4-5-11-12(6-10)14-7-13-11/h4-6,8-9H,7H2,1-3H3/t9-/m0/s1. The summed E-state index contributed by atoms with van der Waals surface area (Å²) in [4.78, 5) is 0. The molecule has 1 aliphatic rings. The summed E-state index contributed by atoms with van der Waals surface area (Å²) in [6.45, 7) is 7.06. The van der Waals surface area contributed by atoms with E-state index in [1.54, 1.807) is 0 Å². The normalized spacial score (nSPS) is 16.0. The summed E-state index contributed by atoms with van der Waals surface area (Å²) in [6, 6.07) is 6.21. The van der Waals surface area contributed by atoms with Crippen molar-refractivity contribution in [3.8, 4) is 11.5 Å². The van der Waals surface area contributed by atoms with Crippen LogP contribution in [0, 0.1) is 5.92 Å². The van der Waals surface area contributed by atoms with Crippen LogP contribution in [0.4, 0.5) is 0 Å². The third-order valence-corrected chi connectivity index (χ3v) is 2.92. The summed E-state index contributed by atoms with van der Waals surface area (Å²) >= 11 is 0. The lowest BCUT2D eigenvalue weighted by molar-refractivity contribution is 0.174. The van der Waals surface area contributed by atoms with Gasteiger partial charge in [-0.05, 0) is 29.5 Å². The molecule has 0 saturated carbocycles. The molecule has 0 bridgehead atoms. The van der Waals surface area contributed by atoms with Gasteiger partial charge in [0.15, 0.2) is 11.5 Å². The predicted molar refractivity (Wildman–Crippen MR) is 55.8 cm³/mol. The highest BCUT2D eigenvalue weighted by atomic mass is 16.7. The van der Waals surface area contributed by atoms with Crippen LogP contribution in [0.15, 0.2) is 18.2 Å². The zero-order valence-electron chi connectivity index (χ0n) is 8.91. The highest BCUT2D eigenvalue weighted by molar-refractivity contribution is 5.45. The molecule has 0 N–H and O–H groups in total. The van der Waals surface area contributed by atoms with Gasteiger partial charge in [0.05, 0.1) is 0 Å². The highest BCUT2D eigenvalue weighted by Crippen LogP contribution is 2.36. The molecule has 0 radical (unpaired) electrons. The summed E-state index contributed by atoms with van der Waals surface area (Å²) in [6.07, 6.45) is 0. The maximum absolute atomic E-state index is 5.35. The maximum atomic E-state index is 5.35. The van der Waals surface area contributed by atoms with Gasteiger partial charge in [-0.1, -0.05) is 26.8 Å². The summed E-state index contributed by atoms with van der Waals surface area (Å²) in [5.41, 5.74) is 1.32. The Hall–Kier alpha value is -1.18. The molecule has 76 valence electrons. The monoisotopic (exact) mass is 192 g/mol. The lowest BCUT2D eigenvalue weighted by atomic mass is 9.90. The molecule has 1 heterocycles.